The quantitative estimate of drug-likeness (QED) is 0.781. The average Bonchev–Trinajstić information content (AvgIpc) is 2.07. The third-order valence-electron chi connectivity index (χ3n) is 1.99. The maximum Gasteiger partial charge on any atom is 0.239 e. The summed E-state index contributed by atoms with van der Waals surface area (Å²) in [6.07, 6.45) is 0. The van der Waals surface area contributed by atoms with E-state index in [1.165, 1.54) is 6.07 Å². The SMILES string of the molecule is CN(C)C(C(N)=O)c1ccccc1F. The minimum atomic E-state index is -0.712. The fourth-order valence-electron chi connectivity index (χ4n) is 1.38. The second-order valence-corrected chi connectivity index (χ2v) is 3.29. The van der Waals surface area contributed by atoms with Crippen LogP contribution in [0.4, 0.5) is 4.39 Å². The maximum absolute atomic E-state index is 13.3. The molecule has 1 unspecified atom stereocenters. The third kappa shape index (κ3) is 2.09. The summed E-state index contributed by atoms with van der Waals surface area (Å²) in [7, 11) is 3.36. The molecule has 0 saturated carbocycles. The van der Waals surface area contributed by atoms with Gasteiger partial charge in [0.15, 0.2) is 0 Å². The molecule has 0 heterocycles. The zero-order valence-corrected chi connectivity index (χ0v) is 8.20. The summed E-state index contributed by atoms with van der Waals surface area (Å²) in [5, 5.41) is 0. The maximum atomic E-state index is 13.3. The largest absolute Gasteiger partial charge is 0.368 e. The Morgan fingerprint density at radius 3 is 2.43 bits per heavy atom. The Hall–Kier alpha value is -1.42. The highest BCUT2D eigenvalue weighted by atomic mass is 19.1. The van der Waals surface area contributed by atoms with Gasteiger partial charge in [-0.3, -0.25) is 9.69 Å². The lowest BCUT2D eigenvalue weighted by Crippen LogP contribution is -2.33. The molecule has 3 nitrogen and oxygen atoms in total. The van der Waals surface area contributed by atoms with Gasteiger partial charge < -0.3 is 5.73 Å². The average molecular weight is 196 g/mol. The Morgan fingerprint density at radius 1 is 1.43 bits per heavy atom. The van der Waals surface area contributed by atoms with E-state index in [0.29, 0.717) is 5.56 Å². The van der Waals surface area contributed by atoms with Gasteiger partial charge in [-0.2, -0.15) is 0 Å². The summed E-state index contributed by atoms with van der Waals surface area (Å²) >= 11 is 0. The first-order chi connectivity index (χ1) is 6.54. The lowest BCUT2D eigenvalue weighted by Gasteiger charge is -2.21. The number of primary amides is 1. The molecule has 0 aliphatic rings. The molecule has 0 radical (unpaired) electrons. The number of carbonyl (C=O) groups excluding carboxylic acids is 1. The monoisotopic (exact) mass is 196 g/mol. The standard InChI is InChI=1S/C10H13FN2O/c1-13(2)9(10(12)14)7-5-3-4-6-8(7)11/h3-6,9H,1-2H3,(H2,12,14). The van der Waals surface area contributed by atoms with Crippen molar-refractivity contribution in [2.75, 3.05) is 14.1 Å². The predicted molar refractivity (Wildman–Crippen MR) is 52.0 cm³/mol. The van der Waals surface area contributed by atoms with Crippen molar-refractivity contribution >= 4 is 5.91 Å². The van der Waals surface area contributed by atoms with E-state index >= 15 is 0 Å². The zero-order chi connectivity index (χ0) is 10.7. The topological polar surface area (TPSA) is 46.3 Å². The molecule has 1 atom stereocenters. The smallest absolute Gasteiger partial charge is 0.239 e. The number of carbonyl (C=O) groups is 1. The normalized spacial score (nSPS) is 12.9. The van der Waals surface area contributed by atoms with Crippen molar-refractivity contribution < 1.29 is 9.18 Å². The number of hydrogen-bond donors (Lipinski definition) is 1. The predicted octanol–water partition coefficient (Wildman–Crippen LogP) is 0.914. The number of amides is 1. The van der Waals surface area contributed by atoms with Crippen LogP contribution in [0.15, 0.2) is 24.3 Å². The Balaban J connectivity index is 3.12. The van der Waals surface area contributed by atoms with Gasteiger partial charge in [-0.15, -0.1) is 0 Å². The minimum absolute atomic E-state index is 0.310. The number of nitrogens with two attached hydrogens (primary N) is 1. The molecule has 0 aliphatic heterocycles. The highest BCUT2D eigenvalue weighted by Crippen LogP contribution is 2.20. The number of halogens is 1. The summed E-state index contributed by atoms with van der Waals surface area (Å²) in [6, 6.07) is 5.42. The molecule has 0 saturated heterocycles. The lowest BCUT2D eigenvalue weighted by atomic mass is 10.1. The number of hydrogen-bond acceptors (Lipinski definition) is 2. The molecule has 76 valence electrons. The van der Waals surface area contributed by atoms with Crippen molar-refractivity contribution in [2.24, 2.45) is 5.73 Å². The summed E-state index contributed by atoms with van der Waals surface area (Å²) < 4.78 is 13.3. The Labute approximate surface area is 82.3 Å². The minimum Gasteiger partial charge on any atom is -0.368 e. The van der Waals surface area contributed by atoms with Gasteiger partial charge in [0.1, 0.15) is 11.9 Å². The molecule has 14 heavy (non-hydrogen) atoms. The molecular weight excluding hydrogens is 183 g/mol. The Bertz CT molecular complexity index is 339. The molecule has 2 N–H and O–H groups in total. The second-order valence-electron chi connectivity index (χ2n) is 3.29. The Kier molecular flexibility index (Phi) is 3.19. The summed E-state index contributed by atoms with van der Waals surface area (Å²) in [5.41, 5.74) is 5.50. The molecule has 1 amide bonds. The fourth-order valence-corrected chi connectivity index (χ4v) is 1.38. The van der Waals surface area contributed by atoms with Crippen LogP contribution in [0.1, 0.15) is 11.6 Å². The first kappa shape index (κ1) is 10.7. The summed E-state index contributed by atoms with van der Waals surface area (Å²) in [6.45, 7) is 0. The number of nitrogens with zero attached hydrogens (tertiary/aromatic N) is 1. The zero-order valence-electron chi connectivity index (χ0n) is 8.20. The van der Waals surface area contributed by atoms with Gasteiger partial charge in [0, 0.05) is 5.56 Å². The van der Waals surface area contributed by atoms with Gasteiger partial charge in [-0.25, -0.2) is 4.39 Å². The van der Waals surface area contributed by atoms with E-state index in [2.05, 4.69) is 0 Å². The van der Waals surface area contributed by atoms with Crippen LogP contribution in [0.5, 0.6) is 0 Å². The number of benzene rings is 1. The van der Waals surface area contributed by atoms with E-state index in [-0.39, 0.29) is 0 Å². The summed E-state index contributed by atoms with van der Waals surface area (Å²) in [5.74, 6) is -0.967. The van der Waals surface area contributed by atoms with Crippen LogP contribution >= 0.6 is 0 Å². The molecule has 1 rings (SSSR count). The van der Waals surface area contributed by atoms with E-state index in [4.69, 9.17) is 5.73 Å². The van der Waals surface area contributed by atoms with Crippen molar-refractivity contribution in [1.82, 2.24) is 4.90 Å². The van der Waals surface area contributed by atoms with Crippen molar-refractivity contribution in [3.05, 3.63) is 35.6 Å². The van der Waals surface area contributed by atoms with Crippen LogP contribution in [0, 0.1) is 5.82 Å². The van der Waals surface area contributed by atoms with Crippen molar-refractivity contribution in [3.63, 3.8) is 0 Å². The lowest BCUT2D eigenvalue weighted by molar-refractivity contribution is -0.122. The highest BCUT2D eigenvalue weighted by Gasteiger charge is 2.22. The second kappa shape index (κ2) is 4.19. The van der Waals surface area contributed by atoms with Crippen LogP contribution < -0.4 is 5.73 Å². The van der Waals surface area contributed by atoms with E-state index in [1.54, 1.807) is 37.2 Å². The van der Waals surface area contributed by atoms with E-state index in [1.807, 2.05) is 0 Å². The van der Waals surface area contributed by atoms with Crippen molar-refractivity contribution in [1.29, 1.82) is 0 Å². The molecule has 0 aromatic heterocycles. The van der Waals surface area contributed by atoms with Gasteiger partial charge in [0.25, 0.3) is 0 Å². The van der Waals surface area contributed by atoms with Crippen LogP contribution in [-0.4, -0.2) is 24.9 Å². The molecule has 4 heteroatoms. The van der Waals surface area contributed by atoms with Crippen LogP contribution in [0.2, 0.25) is 0 Å². The number of likely N-dealkylation sites (N-methyl/N-ethyl adjacent to an activating group) is 1. The third-order valence-corrected chi connectivity index (χ3v) is 1.99. The molecule has 0 aliphatic carbocycles. The van der Waals surface area contributed by atoms with Crippen LogP contribution in [0.3, 0.4) is 0 Å². The van der Waals surface area contributed by atoms with Gasteiger partial charge in [0.2, 0.25) is 5.91 Å². The molecule has 0 bridgehead atoms. The fraction of sp³-hybridized carbons (Fsp3) is 0.300. The molecular formula is C10H13FN2O. The van der Waals surface area contributed by atoms with Gasteiger partial charge in [-0.05, 0) is 20.2 Å². The first-order valence-corrected chi connectivity index (χ1v) is 4.24. The summed E-state index contributed by atoms with van der Waals surface area (Å²) in [4.78, 5) is 12.7. The highest BCUT2D eigenvalue weighted by molar-refractivity contribution is 5.81. The van der Waals surface area contributed by atoms with E-state index in [9.17, 15) is 9.18 Å². The van der Waals surface area contributed by atoms with Crippen molar-refractivity contribution in [2.45, 2.75) is 6.04 Å². The molecule has 0 spiro atoms. The molecule has 1 aromatic rings. The van der Waals surface area contributed by atoms with Crippen LogP contribution in [-0.2, 0) is 4.79 Å². The first-order valence-electron chi connectivity index (χ1n) is 4.24. The van der Waals surface area contributed by atoms with E-state index < -0.39 is 17.8 Å². The number of rotatable bonds is 3. The molecule has 1 aromatic carbocycles. The van der Waals surface area contributed by atoms with Gasteiger partial charge in [0.05, 0.1) is 0 Å². The molecule has 0 fully saturated rings. The Morgan fingerprint density at radius 2 is 2.00 bits per heavy atom. The van der Waals surface area contributed by atoms with E-state index in [0.717, 1.165) is 0 Å². The van der Waals surface area contributed by atoms with Crippen molar-refractivity contribution in [3.8, 4) is 0 Å². The van der Waals surface area contributed by atoms with Crippen LogP contribution in [0.25, 0.3) is 0 Å². The van der Waals surface area contributed by atoms with Gasteiger partial charge >= 0.3 is 0 Å². The van der Waals surface area contributed by atoms with Gasteiger partial charge in [-0.1, -0.05) is 18.2 Å².